The molecule has 134 valence electrons. The number of benzene rings is 1. The van der Waals surface area contributed by atoms with Gasteiger partial charge in [0.2, 0.25) is 15.9 Å². The van der Waals surface area contributed by atoms with E-state index in [-0.39, 0.29) is 5.91 Å². The van der Waals surface area contributed by atoms with Gasteiger partial charge in [0.05, 0.1) is 19.8 Å². The molecule has 1 heterocycles. The standard InChI is InChI=1S/C17H26N2O4S/c1-13-11-16(23-3)14(2)10-15(13)12-17(20)18-6-5-7-19(9-8-18)24(4,21)22/h10-11H,5-9,12H2,1-4H3. The molecule has 0 N–H and O–H groups in total. The highest BCUT2D eigenvalue weighted by Crippen LogP contribution is 2.23. The van der Waals surface area contributed by atoms with E-state index in [9.17, 15) is 13.2 Å². The Labute approximate surface area is 144 Å². The van der Waals surface area contributed by atoms with Gasteiger partial charge in [-0.25, -0.2) is 12.7 Å². The maximum absolute atomic E-state index is 12.6. The van der Waals surface area contributed by atoms with Crippen LogP contribution in [-0.4, -0.2) is 63.1 Å². The van der Waals surface area contributed by atoms with Gasteiger partial charge in [-0.3, -0.25) is 4.79 Å². The fraction of sp³-hybridized carbons (Fsp3) is 0.588. The average Bonchev–Trinajstić information content (AvgIpc) is 2.76. The van der Waals surface area contributed by atoms with Crippen LogP contribution < -0.4 is 4.74 Å². The van der Waals surface area contributed by atoms with Gasteiger partial charge in [0, 0.05) is 26.2 Å². The van der Waals surface area contributed by atoms with Crippen LogP contribution in [0.2, 0.25) is 0 Å². The fourth-order valence-electron chi connectivity index (χ4n) is 3.01. The van der Waals surface area contributed by atoms with E-state index in [1.807, 2.05) is 26.0 Å². The van der Waals surface area contributed by atoms with Gasteiger partial charge in [-0.05, 0) is 43.0 Å². The largest absolute Gasteiger partial charge is 0.496 e. The summed E-state index contributed by atoms with van der Waals surface area (Å²) < 4.78 is 30.1. The van der Waals surface area contributed by atoms with E-state index in [2.05, 4.69) is 0 Å². The highest BCUT2D eigenvalue weighted by Gasteiger charge is 2.24. The Morgan fingerprint density at radius 2 is 1.83 bits per heavy atom. The second kappa shape index (κ2) is 7.53. The van der Waals surface area contributed by atoms with E-state index in [0.717, 1.165) is 22.4 Å². The summed E-state index contributed by atoms with van der Waals surface area (Å²) in [6.07, 6.45) is 2.21. The van der Waals surface area contributed by atoms with E-state index < -0.39 is 10.0 Å². The van der Waals surface area contributed by atoms with E-state index in [1.165, 1.54) is 10.6 Å². The van der Waals surface area contributed by atoms with Gasteiger partial charge in [-0.2, -0.15) is 0 Å². The van der Waals surface area contributed by atoms with Crippen LogP contribution in [0.4, 0.5) is 0 Å². The summed E-state index contributed by atoms with van der Waals surface area (Å²) in [7, 11) is -1.56. The Morgan fingerprint density at radius 1 is 1.12 bits per heavy atom. The zero-order chi connectivity index (χ0) is 17.9. The first-order valence-electron chi connectivity index (χ1n) is 8.09. The molecule has 0 aliphatic carbocycles. The van der Waals surface area contributed by atoms with E-state index in [1.54, 1.807) is 12.0 Å². The molecular formula is C17H26N2O4S. The molecule has 1 aliphatic rings. The average molecular weight is 354 g/mol. The van der Waals surface area contributed by atoms with Gasteiger partial charge in [-0.1, -0.05) is 6.07 Å². The summed E-state index contributed by atoms with van der Waals surface area (Å²) in [6.45, 7) is 5.81. The minimum absolute atomic E-state index is 0.0398. The topological polar surface area (TPSA) is 66.9 Å². The zero-order valence-electron chi connectivity index (χ0n) is 14.8. The van der Waals surface area contributed by atoms with Crippen LogP contribution in [0.15, 0.2) is 12.1 Å². The summed E-state index contributed by atoms with van der Waals surface area (Å²) in [6, 6.07) is 3.94. The predicted molar refractivity (Wildman–Crippen MR) is 93.8 cm³/mol. The zero-order valence-corrected chi connectivity index (χ0v) is 15.6. The first-order chi connectivity index (χ1) is 11.2. The molecule has 24 heavy (non-hydrogen) atoms. The molecule has 0 radical (unpaired) electrons. The van der Waals surface area contributed by atoms with Crippen molar-refractivity contribution < 1.29 is 17.9 Å². The predicted octanol–water partition coefficient (Wildman–Crippen LogP) is 1.35. The Balaban J connectivity index is 2.06. The van der Waals surface area contributed by atoms with Crippen molar-refractivity contribution in [2.24, 2.45) is 0 Å². The molecule has 1 amide bonds. The highest BCUT2D eigenvalue weighted by atomic mass is 32.2. The maximum atomic E-state index is 12.6. The number of carbonyl (C=O) groups is 1. The summed E-state index contributed by atoms with van der Waals surface area (Å²) in [5.74, 6) is 0.861. The molecule has 1 fully saturated rings. The summed E-state index contributed by atoms with van der Waals surface area (Å²) in [4.78, 5) is 14.4. The number of carbonyl (C=O) groups excluding carboxylic acids is 1. The summed E-state index contributed by atoms with van der Waals surface area (Å²) >= 11 is 0. The van der Waals surface area contributed by atoms with Crippen molar-refractivity contribution in [1.82, 2.24) is 9.21 Å². The number of methoxy groups -OCH3 is 1. The van der Waals surface area contributed by atoms with Crippen molar-refractivity contribution in [3.63, 3.8) is 0 Å². The Hall–Kier alpha value is -1.60. The fourth-order valence-corrected chi connectivity index (χ4v) is 3.88. The maximum Gasteiger partial charge on any atom is 0.227 e. The number of hydrogen-bond acceptors (Lipinski definition) is 4. The van der Waals surface area contributed by atoms with Crippen LogP contribution in [0.3, 0.4) is 0 Å². The first kappa shape index (κ1) is 18.7. The van der Waals surface area contributed by atoms with Crippen molar-refractivity contribution in [1.29, 1.82) is 0 Å². The molecule has 6 nitrogen and oxygen atoms in total. The lowest BCUT2D eigenvalue weighted by Gasteiger charge is -2.22. The van der Waals surface area contributed by atoms with Gasteiger partial charge in [-0.15, -0.1) is 0 Å². The number of rotatable bonds is 4. The lowest BCUT2D eigenvalue weighted by atomic mass is 10.0. The van der Waals surface area contributed by atoms with Gasteiger partial charge in [0.15, 0.2) is 0 Å². The van der Waals surface area contributed by atoms with Crippen LogP contribution in [0.5, 0.6) is 5.75 Å². The Morgan fingerprint density at radius 3 is 2.46 bits per heavy atom. The molecule has 0 bridgehead atoms. The van der Waals surface area contributed by atoms with Crippen LogP contribution in [0.1, 0.15) is 23.1 Å². The molecule has 0 spiro atoms. The SMILES string of the molecule is COc1cc(C)c(CC(=O)N2CCCN(S(C)(=O)=O)CC2)cc1C. The Bertz CT molecular complexity index is 716. The molecular weight excluding hydrogens is 328 g/mol. The second-order valence-electron chi connectivity index (χ2n) is 6.32. The van der Waals surface area contributed by atoms with Crippen LogP contribution in [0, 0.1) is 13.8 Å². The van der Waals surface area contributed by atoms with Gasteiger partial charge >= 0.3 is 0 Å². The molecule has 7 heteroatoms. The highest BCUT2D eigenvalue weighted by molar-refractivity contribution is 7.88. The molecule has 0 unspecified atom stereocenters. The minimum atomic E-state index is -3.20. The lowest BCUT2D eigenvalue weighted by Crippen LogP contribution is -2.37. The normalized spacial score (nSPS) is 16.8. The minimum Gasteiger partial charge on any atom is -0.496 e. The van der Waals surface area contributed by atoms with Crippen molar-refractivity contribution in [2.45, 2.75) is 26.7 Å². The smallest absolute Gasteiger partial charge is 0.227 e. The van der Waals surface area contributed by atoms with Crippen LogP contribution in [0.25, 0.3) is 0 Å². The van der Waals surface area contributed by atoms with E-state index >= 15 is 0 Å². The molecule has 1 aliphatic heterocycles. The lowest BCUT2D eigenvalue weighted by molar-refractivity contribution is -0.130. The second-order valence-corrected chi connectivity index (χ2v) is 8.30. The molecule has 1 aromatic carbocycles. The van der Waals surface area contributed by atoms with E-state index in [0.29, 0.717) is 39.0 Å². The molecule has 0 saturated carbocycles. The van der Waals surface area contributed by atoms with Gasteiger partial charge in [0.1, 0.15) is 5.75 Å². The number of aryl methyl sites for hydroxylation is 2. The molecule has 1 saturated heterocycles. The summed E-state index contributed by atoms with van der Waals surface area (Å²) in [5.41, 5.74) is 3.02. The summed E-state index contributed by atoms with van der Waals surface area (Å²) in [5, 5.41) is 0. The van der Waals surface area contributed by atoms with Crippen molar-refractivity contribution in [2.75, 3.05) is 39.5 Å². The molecule has 1 aromatic rings. The molecule has 0 aromatic heterocycles. The van der Waals surface area contributed by atoms with Crippen molar-refractivity contribution in [3.8, 4) is 5.75 Å². The monoisotopic (exact) mass is 354 g/mol. The Kier molecular flexibility index (Phi) is 5.87. The van der Waals surface area contributed by atoms with Crippen LogP contribution >= 0.6 is 0 Å². The van der Waals surface area contributed by atoms with E-state index in [4.69, 9.17) is 4.74 Å². The molecule has 2 rings (SSSR count). The number of ether oxygens (including phenoxy) is 1. The third kappa shape index (κ3) is 4.48. The number of hydrogen-bond donors (Lipinski definition) is 0. The third-order valence-electron chi connectivity index (χ3n) is 4.47. The third-order valence-corrected chi connectivity index (χ3v) is 5.77. The van der Waals surface area contributed by atoms with Crippen molar-refractivity contribution >= 4 is 15.9 Å². The van der Waals surface area contributed by atoms with Gasteiger partial charge < -0.3 is 9.64 Å². The number of nitrogens with zero attached hydrogens (tertiary/aromatic N) is 2. The first-order valence-corrected chi connectivity index (χ1v) is 9.94. The number of sulfonamides is 1. The van der Waals surface area contributed by atoms with Crippen molar-refractivity contribution in [3.05, 3.63) is 28.8 Å². The van der Waals surface area contributed by atoms with Gasteiger partial charge in [0.25, 0.3) is 0 Å². The number of amides is 1. The molecule has 0 atom stereocenters. The van der Waals surface area contributed by atoms with Crippen LogP contribution in [-0.2, 0) is 21.2 Å². The quantitative estimate of drug-likeness (QED) is 0.819.